The molecule has 0 spiro atoms. The van der Waals surface area contributed by atoms with Crippen molar-refractivity contribution in [2.24, 2.45) is 0 Å². The molecule has 0 radical (unpaired) electrons. The number of hydrogen-bond donors (Lipinski definition) is 2. The molecule has 21 heavy (non-hydrogen) atoms. The third-order valence-corrected chi connectivity index (χ3v) is 4.11. The van der Waals surface area contributed by atoms with Crippen molar-refractivity contribution < 1.29 is 9.90 Å². The molecule has 3 aliphatic carbocycles. The molecule has 1 aromatic heterocycles. The molecule has 104 valence electrons. The molecule has 0 aromatic carbocycles. The second kappa shape index (κ2) is 4.53. The van der Waals surface area contributed by atoms with Gasteiger partial charge in [0, 0.05) is 18.0 Å². The van der Waals surface area contributed by atoms with Gasteiger partial charge >= 0.3 is 0 Å². The lowest BCUT2D eigenvalue weighted by molar-refractivity contribution is -0.118. The lowest BCUT2D eigenvalue weighted by atomic mass is 10.1. The van der Waals surface area contributed by atoms with Crippen molar-refractivity contribution in [1.29, 1.82) is 0 Å². The summed E-state index contributed by atoms with van der Waals surface area (Å²) in [6, 6.07) is 3.18. The summed E-state index contributed by atoms with van der Waals surface area (Å²) in [5.41, 5.74) is 6.47. The van der Waals surface area contributed by atoms with E-state index in [1.165, 1.54) is 16.7 Å². The molecule has 0 bridgehead atoms. The summed E-state index contributed by atoms with van der Waals surface area (Å²) < 4.78 is 0. The van der Waals surface area contributed by atoms with E-state index >= 15 is 0 Å². The van der Waals surface area contributed by atoms with Crippen LogP contribution in [0.3, 0.4) is 0 Å². The van der Waals surface area contributed by atoms with Crippen molar-refractivity contribution in [1.82, 2.24) is 10.3 Å². The minimum atomic E-state index is -0.415. The largest absolute Gasteiger partial charge is 0.394 e. The van der Waals surface area contributed by atoms with Gasteiger partial charge in [0.25, 0.3) is 5.91 Å². The molecule has 4 heteroatoms. The molecule has 1 saturated carbocycles. The average Bonchev–Trinajstić information content (AvgIpc) is 3.00. The smallest absolute Gasteiger partial charge is 0.252 e. The van der Waals surface area contributed by atoms with Crippen LogP contribution in [0, 0.1) is 0 Å². The van der Waals surface area contributed by atoms with Gasteiger partial charge in [0.1, 0.15) is 0 Å². The van der Waals surface area contributed by atoms with E-state index in [9.17, 15) is 9.90 Å². The van der Waals surface area contributed by atoms with Crippen molar-refractivity contribution in [3.05, 3.63) is 76.2 Å². The Morgan fingerprint density at radius 3 is 2.86 bits per heavy atom. The highest BCUT2D eigenvalue weighted by molar-refractivity contribution is 6.02. The number of carbonyl (C=O) groups is 1. The number of pyridine rings is 1. The maximum Gasteiger partial charge on any atom is 0.252 e. The number of allylic oxidation sites excluding steroid dienone is 6. The summed E-state index contributed by atoms with van der Waals surface area (Å²) in [6.07, 6.45) is 10.3. The van der Waals surface area contributed by atoms with Gasteiger partial charge in [-0.2, -0.15) is 0 Å². The van der Waals surface area contributed by atoms with Crippen molar-refractivity contribution in [2.45, 2.75) is 12.5 Å². The van der Waals surface area contributed by atoms with E-state index in [1.807, 2.05) is 12.2 Å². The first-order valence-corrected chi connectivity index (χ1v) is 6.96. The third-order valence-electron chi connectivity index (χ3n) is 4.11. The Labute approximate surface area is 122 Å². The number of aromatic nitrogens is 1. The summed E-state index contributed by atoms with van der Waals surface area (Å²) in [5, 5.41) is 12.4. The first kappa shape index (κ1) is 12.3. The van der Waals surface area contributed by atoms with E-state index in [1.54, 1.807) is 24.5 Å². The molecular weight excluding hydrogens is 264 g/mol. The summed E-state index contributed by atoms with van der Waals surface area (Å²) >= 11 is 0. The minimum Gasteiger partial charge on any atom is -0.394 e. The van der Waals surface area contributed by atoms with Crippen LogP contribution in [0.5, 0.6) is 0 Å². The standard InChI is InChI=1S/C17H14N2O2/c20-9-16(10-3-5-18-6-4-10)19-17(21)13-2-1-12-14-7-11(14)8-15(12)13/h1-6,8,16,20H,7,9H2,(H,19,21)/t16-/m1/s1. The summed E-state index contributed by atoms with van der Waals surface area (Å²) in [7, 11) is 0. The van der Waals surface area contributed by atoms with E-state index < -0.39 is 6.04 Å². The topological polar surface area (TPSA) is 62.2 Å². The van der Waals surface area contributed by atoms with Crippen molar-refractivity contribution in [3.8, 4) is 0 Å². The maximum absolute atomic E-state index is 12.5. The highest BCUT2D eigenvalue weighted by atomic mass is 16.3. The molecular formula is C17H14N2O2. The van der Waals surface area contributed by atoms with Gasteiger partial charge in [-0.05, 0) is 58.6 Å². The van der Waals surface area contributed by atoms with Gasteiger partial charge in [-0.3, -0.25) is 9.78 Å². The number of carbonyl (C=O) groups excluding carboxylic acids is 1. The van der Waals surface area contributed by atoms with Crippen LogP contribution in [0.4, 0.5) is 0 Å². The highest BCUT2D eigenvalue weighted by Crippen LogP contribution is 2.51. The fourth-order valence-corrected chi connectivity index (χ4v) is 2.90. The molecule has 0 aliphatic heterocycles. The fraction of sp³-hybridized carbons (Fsp3) is 0.176. The van der Waals surface area contributed by atoms with E-state index in [4.69, 9.17) is 0 Å². The molecule has 4 nitrogen and oxygen atoms in total. The van der Waals surface area contributed by atoms with Crippen molar-refractivity contribution in [3.63, 3.8) is 0 Å². The SMILES string of the molecule is O=C(N[C@H](CO)c1ccncc1)C1=C2C=C3CC3=C2C=C1. The highest BCUT2D eigenvalue weighted by Gasteiger charge is 2.35. The molecule has 1 heterocycles. The molecule has 1 amide bonds. The minimum absolute atomic E-state index is 0.142. The molecule has 3 aliphatic rings. The molecule has 0 saturated heterocycles. The van der Waals surface area contributed by atoms with Crippen LogP contribution in [-0.2, 0) is 4.79 Å². The van der Waals surface area contributed by atoms with E-state index in [2.05, 4.69) is 16.4 Å². The normalized spacial score (nSPS) is 19.4. The second-order valence-electron chi connectivity index (χ2n) is 5.39. The van der Waals surface area contributed by atoms with Gasteiger partial charge in [-0.25, -0.2) is 0 Å². The van der Waals surface area contributed by atoms with Gasteiger partial charge in [-0.1, -0.05) is 6.08 Å². The number of nitrogens with zero attached hydrogens (tertiary/aromatic N) is 1. The van der Waals surface area contributed by atoms with Crippen LogP contribution in [0.2, 0.25) is 0 Å². The van der Waals surface area contributed by atoms with Gasteiger partial charge in [-0.15, -0.1) is 0 Å². The monoisotopic (exact) mass is 278 g/mol. The molecule has 0 unspecified atom stereocenters. The Kier molecular flexibility index (Phi) is 2.65. The van der Waals surface area contributed by atoms with Crippen molar-refractivity contribution in [2.75, 3.05) is 6.61 Å². The number of rotatable bonds is 4. The summed E-state index contributed by atoms with van der Waals surface area (Å²) in [4.78, 5) is 16.4. The lowest BCUT2D eigenvalue weighted by Crippen LogP contribution is -2.31. The van der Waals surface area contributed by atoms with Crippen LogP contribution in [0.1, 0.15) is 18.0 Å². The zero-order valence-corrected chi connectivity index (χ0v) is 11.3. The van der Waals surface area contributed by atoms with Gasteiger partial charge < -0.3 is 10.4 Å². The van der Waals surface area contributed by atoms with Crippen LogP contribution in [0.15, 0.2) is 70.6 Å². The van der Waals surface area contributed by atoms with Crippen LogP contribution in [-0.4, -0.2) is 22.6 Å². The zero-order chi connectivity index (χ0) is 14.4. The van der Waals surface area contributed by atoms with Gasteiger partial charge in [0.15, 0.2) is 0 Å². The molecule has 1 aromatic rings. The number of aliphatic hydroxyl groups excluding tert-OH is 1. The Morgan fingerprint density at radius 2 is 2.10 bits per heavy atom. The zero-order valence-electron chi connectivity index (χ0n) is 11.3. The number of hydrogen-bond acceptors (Lipinski definition) is 3. The Balaban J connectivity index is 1.57. The first-order chi connectivity index (χ1) is 10.3. The predicted octanol–water partition coefficient (Wildman–Crippen LogP) is 1.74. The quantitative estimate of drug-likeness (QED) is 0.882. The lowest BCUT2D eigenvalue weighted by Gasteiger charge is -2.17. The fourth-order valence-electron chi connectivity index (χ4n) is 2.90. The molecule has 4 rings (SSSR count). The predicted molar refractivity (Wildman–Crippen MR) is 78.1 cm³/mol. The van der Waals surface area contributed by atoms with Gasteiger partial charge in [0.05, 0.1) is 12.6 Å². The van der Waals surface area contributed by atoms with E-state index in [0.717, 1.165) is 17.6 Å². The maximum atomic E-state index is 12.5. The average molecular weight is 278 g/mol. The van der Waals surface area contributed by atoms with E-state index in [-0.39, 0.29) is 12.5 Å². The summed E-state index contributed by atoms with van der Waals surface area (Å²) in [5.74, 6) is -0.147. The summed E-state index contributed by atoms with van der Waals surface area (Å²) in [6.45, 7) is -0.142. The number of nitrogens with one attached hydrogen (secondary N) is 1. The van der Waals surface area contributed by atoms with Gasteiger partial charge in [0.2, 0.25) is 0 Å². The Bertz CT molecular complexity index is 754. The molecule has 2 N–H and O–H groups in total. The molecule has 1 fully saturated rings. The van der Waals surface area contributed by atoms with E-state index in [0.29, 0.717) is 5.57 Å². The first-order valence-electron chi connectivity index (χ1n) is 6.96. The Hall–Kier alpha value is -2.46. The van der Waals surface area contributed by atoms with Crippen LogP contribution < -0.4 is 5.32 Å². The Morgan fingerprint density at radius 1 is 1.29 bits per heavy atom. The van der Waals surface area contributed by atoms with Crippen LogP contribution >= 0.6 is 0 Å². The number of amides is 1. The van der Waals surface area contributed by atoms with Crippen LogP contribution in [0.25, 0.3) is 0 Å². The number of aliphatic hydroxyl groups is 1. The van der Waals surface area contributed by atoms with Crippen molar-refractivity contribution >= 4 is 5.91 Å². The second-order valence-corrected chi connectivity index (χ2v) is 5.39. The number of fused-ring (bicyclic) bond motifs is 2. The molecule has 1 atom stereocenters. The third kappa shape index (κ3) is 1.96.